The second kappa shape index (κ2) is 7.94. The van der Waals surface area contributed by atoms with Crippen molar-refractivity contribution in [1.82, 2.24) is 14.3 Å². The molecule has 0 radical (unpaired) electrons. The molecular formula is C22H23N3O3. The van der Waals surface area contributed by atoms with Crippen molar-refractivity contribution in [2.75, 3.05) is 13.2 Å². The Bertz CT molecular complexity index is 1050. The molecule has 0 saturated carbocycles. The van der Waals surface area contributed by atoms with Crippen molar-refractivity contribution in [3.8, 4) is 0 Å². The highest BCUT2D eigenvalue weighted by atomic mass is 16.5. The summed E-state index contributed by atoms with van der Waals surface area (Å²) >= 11 is 0. The first-order valence-corrected chi connectivity index (χ1v) is 9.55. The van der Waals surface area contributed by atoms with Crippen molar-refractivity contribution in [1.29, 1.82) is 0 Å². The Morgan fingerprint density at radius 3 is 2.86 bits per heavy atom. The molecule has 3 heterocycles. The zero-order chi connectivity index (χ0) is 19.5. The molecule has 1 aromatic carbocycles. The Morgan fingerprint density at radius 1 is 1.25 bits per heavy atom. The summed E-state index contributed by atoms with van der Waals surface area (Å²) in [6.45, 7) is 3.64. The smallest absolute Gasteiger partial charge is 0.270 e. The number of hydrogen-bond acceptors (Lipinski definition) is 4. The Balaban J connectivity index is 1.69. The molecule has 0 N–H and O–H groups in total. The van der Waals surface area contributed by atoms with E-state index in [9.17, 15) is 9.59 Å². The van der Waals surface area contributed by atoms with Crippen molar-refractivity contribution >= 4 is 11.6 Å². The summed E-state index contributed by atoms with van der Waals surface area (Å²) in [6, 6.07) is 13.3. The van der Waals surface area contributed by atoms with Gasteiger partial charge < -0.3 is 9.64 Å². The molecule has 4 rings (SSSR count). The van der Waals surface area contributed by atoms with E-state index in [0.717, 1.165) is 30.6 Å². The van der Waals surface area contributed by atoms with Gasteiger partial charge in [0.25, 0.3) is 11.5 Å². The van der Waals surface area contributed by atoms with Gasteiger partial charge in [0.2, 0.25) is 0 Å². The van der Waals surface area contributed by atoms with Crippen molar-refractivity contribution < 1.29 is 9.53 Å². The number of ether oxygens (including phenoxy) is 1. The molecule has 2 aromatic heterocycles. The van der Waals surface area contributed by atoms with Crippen LogP contribution in [0.5, 0.6) is 0 Å². The van der Waals surface area contributed by atoms with Crippen LogP contribution < -0.4 is 5.56 Å². The standard InChI is InChI=1S/C22H23N3O3/c1-16-7-2-3-8-17(16)14-24(15-18-9-6-12-28-18)21(26)19-13-23-20-10-4-5-11-25(20)22(19)27/h2-5,7-8,10-11,13,18H,6,9,12,14-15H2,1H3. The van der Waals surface area contributed by atoms with Crippen LogP contribution in [-0.4, -0.2) is 39.4 Å². The number of fused-ring (bicyclic) bond motifs is 1. The fraction of sp³-hybridized carbons (Fsp3) is 0.318. The molecule has 6 heteroatoms. The van der Waals surface area contributed by atoms with Crippen molar-refractivity contribution in [3.63, 3.8) is 0 Å². The zero-order valence-electron chi connectivity index (χ0n) is 15.9. The lowest BCUT2D eigenvalue weighted by atomic mass is 10.1. The number of carbonyl (C=O) groups is 1. The predicted molar refractivity (Wildman–Crippen MR) is 106 cm³/mol. The van der Waals surface area contributed by atoms with Gasteiger partial charge >= 0.3 is 0 Å². The summed E-state index contributed by atoms with van der Waals surface area (Å²) in [5, 5.41) is 0. The van der Waals surface area contributed by atoms with Gasteiger partial charge in [0, 0.05) is 32.1 Å². The fourth-order valence-electron chi connectivity index (χ4n) is 3.59. The lowest BCUT2D eigenvalue weighted by Gasteiger charge is -2.26. The summed E-state index contributed by atoms with van der Waals surface area (Å²) < 4.78 is 7.15. The molecule has 0 bridgehead atoms. The summed E-state index contributed by atoms with van der Waals surface area (Å²) in [7, 11) is 0. The second-order valence-corrected chi connectivity index (χ2v) is 7.15. The van der Waals surface area contributed by atoms with Gasteiger partial charge in [-0.2, -0.15) is 0 Å². The third-order valence-electron chi connectivity index (χ3n) is 5.20. The number of nitrogens with zero attached hydrogens (tertiary/aromatic N) is 3. The molecule has 1 aliphatic heterocycles. The Morgan fingerprint density at radius 2 is 2.07 bits per heavy atom. The minimum atomic E-state index is -0.349. The molecule has 1 atom stereocenters. The third kappa shape index (κ3) is 3.68. The monoisotopic (exact) mass is 377 g/mol. The second-order valence-electron chi connectivity index (χ2n) is 7.15. The van der Waals surface area contributed by atoms with Crippen LogP contribution in [0.25, 0.3) is 5.65 Å². The van der Waals surface area contributed by atoms with Crippen molar-refractivity contribution in [2.24, 2.45) is 0 Å². The lowest BCUT2D eigenvalue weighted by Crippen LogP contribution is -2.40. The van der Waals surface area contributed by atoms with Crippen LogP contribution in [0.3, 0.4) is 0 Å². The molecule has 1 fully saturated rings. The van der Waals surface area contributed by atoms with E-state index in [1.165, 1.54) is 10.6 Å². The summed E-state index contributed by atoms with van der Waals surface area (Å²) in [5.41, 5.74) is 2.42. The highest BCUT2D eigenvalue weighted by molar-refractivity contribution is 5.93. The first-order valence-electron chi connectivity index (χ1n) is 9.55. The summed E-state index contributed by atoms with van der Waals surface area (Å²) in [5.74, 6) is -0.311. The molecule has 1 unspecified atom stereocenters. The van der Waals surface area contributed by atoms with Gasteiger partial charge in [-0.15, -0.1) is 0 Å². The number of aryl methyl sites for hydroxylation is 1. The van der Waals surface area contributed by atoms with Gasteiger partial charge in [-0.3, -0.25) is 14.0 Å². The summed E-state index contributed by atoms with van der Waals surface area (Å²) in [4.78, 5) is 32.2. The molecule has 0 spiro atoms. The highest BCUT2D eigenvalue weighted by Gasteiger charge is 2.26. The number of hydrogen-bond donors (Lipinski definition) is 0. The van der Waals surface area contributed by atoms with Gasteiger partial charge in [0.1, 0.15) is 11.2 Å². The topological polar surface area (TPSA) is 63.9 Å². The number of rotatable bonds is 5. The lowest BCUT2D eigenvalue weighted by molar-refractivity contribution is 0.0505. The van der Waals surface area contributed by atoms with E-state index >= 15 is 0 Å². The van der Waals surface area contributed by atoms with Gasteiger partial charge in [-0.05, 0) is 43.0 Å². The maximum Gasteiger partial charge on any atom is 0.270 e. The fourth-order valence-corrected chi connectivity index (χ4v) is 3.59. The van der Waals surface area contributed by atoms with Gasteiger partial charge in [-0.1, -0.05) is 30.3 Å². The Labute approximate surface area is 163 Å². The Kier molecular flexibility index (Phi) is 5.21. The number of carbonyl (C=O) groups excluding carboxylic acids is 1. The number of amides is 1. The third-order valence-corrected chi connectivity index (χ3v) is 5.20. The van der Waals surface area contributed by atoms with Crippen LogP contribution in [0.1, 0.15) is 34.3 Å². The van der Waals surface area contributed by atoms with Crippen LogP contribution in [0, 0.1) is 6.92 Å². The molecule has 6 nitrogen and oxygen atoms in total. The van der Waals surface area contributed by atoms with Gasteiger partial charge in [0.05, 0.1) is 6.10 Å². The first kappa shape index (κ1) is 18.4. The molecular weight excluding hydrogens is 354 g/mol. The minimum absolute atomic E-state index is 0.00383. The average molecular weight is 377 g/mol. The molecule has 1 aliphatic rings. The van der Waals surface area contributed by atoms with Crippen LogP contribution in [-0.2, 0) is 11.3 Å². The van der Waals surface area contributed by atoms with E-state index in [1.807, 2.05) is 37.3 Å². The molecule has 1 saturated heterocycles. The molecule has 3 aromatic rings. The number of pyridine rings is 1. The predicted octanol–water partition coefficient (Wildman–Crippen LogP) is 2.82. The summed E-state index contributed by atoms with van der Waals surface area (Å²) in [6.07, 6.45) is 4.95. The largest absolute Gasteiger partial charge is 0.376 e. The van der Waals surface area contributed by atoms with E-state index in [-0.39, 0.29) is 23.1 Å². The SMILES string of the molecule is Cc1ccccc1CN(CC1CCCO1)C(=O)c1cnc2ccccn2c1=O. The zero-order valence-corrected chi connectivity index (χ0v) is 15.9. The highest BCUT2D eigenvalue weighted by Crippen LogP contribution is 2.18. The van der Waals surface area contributed by atoms with Crippen molar-refractivity contribution in [2.45, 2.75) is 32.4 Å². The number of benzene rings is 1. The average Bonchev–Trinajstić information content (AvgIpc) is 3.22. The van der Waals surface area contributed by atoms with E-state index in [2.05, 4.69) is 4.98 Å². The van der Waals surface area contributed by atoms with E-state index < -0.39 is 0 Å². The van der Waals surface area contributed by atoms with Crippen molar-refractivity contribution in [3.05, 3.63) is 81.9 Å². The molecule has 1 amide bonds. The molecule has 0 aliphatic carbocycles. The van der Waals surface area contributed by atoms with Crippen LogP contribution in [0.2, 0.25) is 0 Å². The van der Waals surface area contributed by atoms with E-state index in [1.54, 1.807) is 23.2 Å². The van der Waals surface area contributed by atoms with Gasteiger partial charge in [-0.25, -0.2) is 4.98 Å². The molecule has 144 valence electrons. The number of aromatic nitrogens is 2. The van der Waals surface area contributed by atoms with E-state index in [0.29, 0.717) is 18.7 Å². The van der Waals surface area contributed by atoms with Crippen LogP contribution in [0.15, 0.2) is 59.7 Å². The van der Waals surface area contributed by atoms with Crippen LogP contribution in [0.4, 0.5) is 0 Å². The quantitative estimate of drug-likeness (QED) is 0.686. The normalized spacial score (nSPS) is 16.4. The van der Waals surface area contributed by atoms with Gasteiger partial charge in [0.15, 0.2) is 0 Å². The maximum atomic E-state index is 13.3. The minimum Gasteiger partial charge on any atom is -0.376 e. The maximum absolute atomic E-state index is 13.3. The van der Waals surface area contributed by atoms with Crippen LogP contribution >= 0.6 is 0 Å². The van der Waals surface area contributed by atoms with E-state index in [4.69, 9.17) is 4.74 Å². The molecule has 28 heavy (non-hydrogen) atoms. The first-order chi connectivity index (χ1) is 13.6. The Hall–Kier alpha value is -2.99.